The molecule has 3 aromatic heterocycles. The van der Waals surface area contributed by atoms with Crippen molar-refractivity contribution >= 4 is 28.8 Å². The number of anilines is 1. The molecule has 30 heavy (non-hydrogen) atoms. The van der Waals surface area contributed by atoms with Gasteiger partial charge in [0.25, 0.3) is 0 Å². The summed E-state index contributed by atoms with van der Waals surface area (Å²) >= 11 is 1.66. The fourth-order valence-electron chi connectivity index (χ4n) is 3.34. The first kappa shape index (κ1) is 20.1. The Morgan fingerprint density at radius 1 is 1.13 bits per heavy atom. The van der Waals surface area contributed by atoms with Crippen LogP contribution in [-0.2, 0) is 14.9 Å². The highest BCUT2D eigenvalue weighted by molar-refractivity contribution is 7.08. The van der Waals surface area contributed by atoms with E-state index in [1.165, 1.54) is 12.7 Å². The summed E-state index contributed by atoms with van der Waals surface area (Å²) in [5.41, 5.74) is 3.80. The number of pyridine rings is 1. The molecule has 0 spiro atoms. The maximum Gasteiger partial charge on any atom is 0.315 e. The van der Waals surface area contributed by atoms with Gasteiger partial charge in [0.15, 0.2) is 6.23 Å². The second kappa shape index (κ2) is 7.93. The van der Waals surface area contributed by atoms with Crippen molar-refractivity contribution < 1.29 is 14.6 Å². The number of carbonyl (C=O) groups excluding carboxylic acids is 1. The number of fused-ring (bicyclic) bond motifs is 1. The van der Waals surface area contributed by atoms with Crippen molar-refractivity contribution in [3.63, 3.8) is 0 Å². The Labute approximate surface area is 178 Å². The highest BCUT2D eigenvalue weighted by atomic mass is 32.1. The van der Waals surface area contributed by atoms with E-state index >= 15 is 0 Å². The maximum absolute atomic E-state index is 12.0. The first-order valence-corrected chi connectivity index (χ1v) is 10.5. The molecule has 0 bridgehead atoms. The van der Waals surface area contributed by atoms with Crippen molar-refractivity contribution in [2.24, 2.45) is 0 Å². The molecule has 1 atom stereocenters. The van der Waals surface area contributed by atoms with E-state index in [4.69, 9.17) is 4.74 Å². The number of benzene rings is 1. The molecular weight excluding hydrogens is 398 g/mol. The van der Waals surface area contributed by atoms with E-state index < -0.39 is 11.6 Å². The SMILES string of the molecule is COC(=O)C(C)(C)c1ccc(C(O)Nc2cn3cc(-c4ccsc4)ccc3n2)cc1. The third kappa shape index (κ3) is 3.81. The molecule has 1 unspecified atom stereocenters. The minimum absolute atomic E-state index is 0.305. The molecule has 0 saturated carbocycles. The van der Waals surface area contributed by atoms with Gasteiger partial charge < -0.3 is 19.6 Å². The molecule has 0 saturated heterocycles. The first-order chi connectivity index (χ1) is 14.4. The number of aromatic nitrogens is 2. The van der Waals surface area contributed by atoms with Gasteiger partial charge in [-0.05, 0) is 59.5 Å². The van der Waals surface area contributed by atoms with E-state index in [-0.39, 0.29) is 5.97 Å². The van der Waals surface area contributed by atoms with Crippen LogP contribution >= 0.6 is 11.3 Å². The zero-order valence-electron chi connectivity index (χ0n) is 17.0. The molecule has 0 radical (unpaired) electrons. The summed E-state index contributed by atoms with van der Waals surface area (Å²) in [6, 6.07) is 13.3. The molecule has 0 aliphatic rings. The third-order valence-electron chi connectivity index (χ3n) is 5.23. The van der Waals surface area contributed by atoms with Gasteiger partial charge in [-0.2, -0.15) is 11.3 Å². The fraction of sp³-hybridized carbons (Fsp3) is 0.217. The van der Waals surface area contributed by atoms with Crippen molar-refractivity contribution in [3.8, 4) is 11.1 Å². The third-order valence-corrected chi connectivity index (χ3v) is 5.92. The second-order valence-electron chi connectivity index (χ2n) is 7.61. The van der Waals surface area contributed by atoms with Crippen molar-refractivity contribution in [1.29, 1.82) is 0 Å². The minimum atomic E-state index is -0.929. The molecule has 0 aliphatic carbocycles. The summed E-state index contributed by atoms with van der Waals surface area (Å²) in [5.74, 6) is 0.268. The van der Waals surface area contributed by atoms with E-state index in [0.717, 1.165) is 16.8 Å². The van der Waals surface area contributed by atoms with Crippen LogP contribution in [-0.4, -0.2) is 27.6 Å². The fourth-order valence-corrected chi connectivity index (χ4v) is 4.00. The van der Waals surface area contributed by atoms with Crippen molar-refractivity contribution in [2.45, 2.75) is 25.5 Å². The number of aliphatic hydroxyl groups is 1. The molecule has 2 N–H and O–H groups in total. The molecule has 0 amide bonds. The quantitative estimate of drug-likeness (QED) is 0.351. The summed E-state index contributed by atoms with van der Waals surface area (Å²) in [6.45, 7) is 3.62. The monoisotopic (exact) mass is 421 g/mol. The standard InChI is InChI=1S/C23H23N3O3S/c1-23(2,22(28)29-3)18-7-4-15(5-8-18)21(27)25-19-13-26-12-16(6-9-20(26)24-19)17-10-11-30-14-17/h4-14,21,25,27H,1-3H3. The van der Waals surface area contributed by atoms with Gasteiger partial charge in [0.2, 0.25) is 0 Å². The largest absolute Gasteiger partial charge is 0.468 e. The Kier molecular flexibility index (Phi) is 5.32. The van der Waals surface area contributed by atoms with Crippen molar-refractivity contribution in [1.82, 2.24) is 9.38 Å². The number of imidazole rings is 1. The van der Waals surface area contributed by atoms with E-state index in [9.17, 15) is 9.90 Å². The van der Waals surface area contributed by atoms with Gasteiger partial charge in [0.05, 0.1) is 18.7 Å². The number of aliphatic hydroxyl groups excluding tert-OH is 1. The van der Waals surface area contributed by atoms with Crippen molar-refractivity contribution in [3.05, 3.63) is 76.7 Å². The summed E-state index contributed by atoms with van der Waals surface area (Å²) in [6.07, 6.45) is 2.94. The number of esters is 1. The Morgan fingerprint density at radius 2 is 1.90 bits per heavy atom. The minimum Gasteiger partial charge on any atom is -0.468 e. The molecule has 3 heterocycles. The summed E-state index contributed by atoms with van der Waals surface area (Å²) in [4.78, 5) is 16.5. The topological polar surface area (TPSA) is 75.9 Å². The van der Waals surface area contributed by atoms with Crippen LogP contribution in [0.3, 0.4) is 0 Å². The number of ether oxygens (including phenoxy) is 1. The predicted molar refractivity (Wildman–Crippen MR) is 119 cm³/mol. The molecular formula is C23H23N3O3S. The lowest BCUT2D eigenvalue weighted by Crippen LogP contribution is -2.30. The van der Waals surface area contributed by atoms with Crippen LogP contribution in [0.2, 0.25) is 0 Å². The predicted octanol–water partition coefficient (Wildman–Crippen LogP) is 4.62. The van der Waals surface area contributed by atoms with Crippen LogP contribution in [0.4, 0.5) is 5.82 Å². The summed E-state index contributed by atoms with van der Waals surface area (Å²) in [7, 11) is 1.38. The van der Waals surface area contributed by atoms with Crippen LogP contribution in [0.1, 0.15) is 31.2 Å². The Balaban J connectivity index is 1.51. The normalized spacial score (nSPS) is 12.7. The van der Waals surface area contributed by atoms with E-state index in [0.29, 0.717) is 11.4 Å². The van der Waals surface area contributed by atoms with E-state index in [1.54, 1.807) is 23.5 Å². The lowest BCUT2D eigenvalue weighted by Gasteiger charge is -2.22. The van der Waals surface area contributed by atoms with Gasteiger partial charge in [0.1, 0.15) is 11.5 Å². The number of rotatable bonds is 6. The number of methoxy groups -OCH3 is 1. The molecule has 0 fully saturated rings. The smallest absolute Gasteiger partial charge is 0.315 e. The zero-order valence-corrected chi connectivity index (χ0v) is 17.8. The average molecular weight is 422 g/mol. The number of nitrogens with zero attached hydrogens (tertiary/aromatic N) is 2. The molecule has 7 heteroatoms. The molecule has 4 rings (SSSR count). The van der Waals surface area contributed by atoms with Gasteiger partial charge in [-0.1, -0.05) is 24.3 Å². The number of thiophene rings is 1. The van der Waals surface area contributed by atoms with Gasteiger partial charge >= 0.3 is 5.97 Å². The lowest BCUT2D eigenvalue weighted by molar-refractivity contribution is -0.146. The Morgan fingerprint density at radius 3 is 2.57 bits per heavy atom. The number of carbonyl (C=O) groups is 1. The van der Waals surface area contributed by atoms with Crippen LogP contribution in [0, 0.1) is 0 Å². The van der Waals surface area contributed by atoms with Crippen LogP contribution in [0.25, 0.3) is 16.8 Å². The van der Waals surface area contributed by atoms with Crippen molar-refractivity contribution in [2.75, 3.05) is 12.4 Å². The average Bonchev–Trinajstić information content (AvgIpc) is 3.42. The molecule has 154 valence electrons. The van der Waals surface area contributed by atoms with Crippen LogP contribution in [0.5, 0.6) is 0 Å². The van der Waals surface area contributed by atoms with Crippen LogP contribution in [0.15, 0.2) is 65.6 Å². The molecule has 0 aliphatic heterocycles. The number of hydrogen-bond acceptors (Lipinski definition) is 6. The number of hydrogen-bond donors (Lipinski definition) is 2. The molecule has 1 aromatic carbocycles. The molecule has 6 nitrogen and oxygen atoms in total. The van der Waals surface area contributed by atoms with Gasteiger partial charge in [-0.3, -0.25) is 4.79 Å². The van der Waals surface area contributed by atoms with Gasteiger partial charge in [-0.15, -0.1) is 0 Å². The lowest BCUT2D eigenvalue weighted by atomic mass is 9.84. The second-order valence-corrected chi connectivity index (χ2v) is 8.39. The highest BCUT2D eigenvalue weighted by Gasteiger charge is 2.30. The van der Waals surface area contributed by atoms with E-state index in [1.807, 2.05) is 60.3 Å². The molecule has 4 aromatic rings. The Hall–Kier alpha value is -3.16. The van der Waals surface area contributed by atoms with Gasteiger partial charge in [0, 0.05) is 11.8 Å². The maximum atomic E-state index is 12.0. The summed E-state index contributed by atoms with van der Waals surface area (Å²) < 4.78 is 6.81. The van der Waals surface area contributed by atoms with E-state index in [2.05, 4.69) is 21.7 Å². The Bertz CT molecular complexity index is 1160. The zero-order chi connectivity index (χ0) is 21.3. The van der Waals surface area contributed by atoms with Gasteiger partial charge in [-0.25, -0.2) is 4.98 Å². The summed E-state index contributed by atoms with van der Waals surface area (Å²) in [5, 5.41) is 17.8. The number of nitrogens with one attached hydrogen (secondary N) is 1. The highest BCUT2D eigenvalue weighted by Crippen LogP contribution is 2.27. The first-order valence-electron chi connectivity index (χ1n) is 9.53. The van der Waals surface area contributed by atoms with Crippen LogP contribution < -0.4 is 5.32 Å².